The number of carbonyl (C=O) groups is 2. The molecule has 1 heterocycles. The van der Waals surface area contributed by atoms with Gasteiger partial charge in [-0.15, -0.1) is 0 Å². The Labute approximate surface area is 118 Å². The zero-order valence-corrected chi connectivity index (χ0v) is 11.7. The highest BCUT2D eigenvalue weighted by Gasteiger charge is 2.28. The topological polar surface area (TPSA) is 78.9 Å². The zero-order valence-electron chi connectivity index (χ0n) is 11.7. The molecule has 2 N–H and O–H groups in total. The average molecular weight is 282 g/mol. The van der Waals surface area contributed by atoms with E-state index in [0.29, 0.717) is 25.5 Å². The molecule has 112 valence electrons. The smallest absolute Gasteiger partial charge is 0.317 e. The minimum absolute atomic E-state index is 0.105. The Kier molecular flexibility index (Phi) is 5.00. The van der Waals surface area contributed by atoms with Crippen LogP contribution in [-0.2, 0) is 9.53 Å². The van der Waals surface area contributed by atoms with Crippen LogP contribution in [0, 0.1) is 11.8 Å². The van der Waals surface area contributed by atoms with E-state index in [1.165, 1.54) is 0 Å². The quantitative estimate of drug-likeness (QED) is 0.756. The predicted molar refractivity (Wildman–Crippen MR) is 73.4 cm³/mol. The van der Waals surface area contributed by atoms with Crippen molar-refractivity contribution >= 4 is 12.0 Å². The Balaban J connectivity index is 1.80. The summed E-state index contributed by atoms with van der Waals surface area (Å²) < 4.78 is 5.15. The molecule has 0 aromatic rings. The summed E-state index contributed by atoms with van der Waals surface area (Å²) >= 11 is 0. The Hall–Kier alpha value is -1.56. The van der Waals surface area contributed by atoms with Crippen molar-refractivity contribution in [2.75, 3.05) is 26.8 Å². The summed E-state index contributed by atoms with van der Waals surface area (Å²) in [5.41, 5.74) is 0. The molecule has 0 bridgehead atoms. The van der Waals surface area contributed by atoms with Crippen LogP contribution in [0.4, 0.5) is 4.79 Å². The second-order valence-electron chi connectivity index (χ2n) is 5.53. The first-order valence-corrected chi connectivity index (χ1v) is 7.05. The molecule has 1 fully saturated rings. The average Bonchev–Trinajstić information content (AvgIpc) is 2.88. The first-order valence-electron chi connectivity index (χ1n) is 7.05. The first-order chi connectivity index (χ1) is 9.60. The molecule has 0 radical (unpaired) electrons. The molecular formula is C14H22N2O4. The minimum Gasteiger partial charge on any atom is -0.481 e. The van der Waals surface area contributed by atoms with E-state index in [1.807, 2.05) is 0 Å². The molecule has 2 aliphatic rings. The third kappa shape index (κ3) is 3.72. The number of carboxylic acid groups (broad SMARTS) is 1. The van der Waals surface area contributed by atoms with E-state index in [0.717, 1.165) is 19.4 Å². The number of piperidine rings is 1. The van der Waals surface area contributed by atoms with Crippen LogP contribution in [0.3, 0.4) is 0 Å². The summed E-state index contributed by atoms with van der Waals surface area (Å²) in [5.74, 6) is -0.926. The number of carbonyl (C=O) groups excluding carboxylic acids is 1. The van der Waals surface area contributed by atoms with Gasteiger partial charge in [0.1, 0.15) is 0 Å². The molecule has 0 spiro atoms. The molecule has 1 aliphatic heterocycles. The van der Waals surface area contributed by atoms with Crippen LogP contribution >= 0.6 is 0 Å². The van der Waals surface area contributed by atoms with Gasteiger partial charge in [-0.25, -0.2) is 4.79 Å². The number of methoxy groups -OCH3 is 1. The van der Waals surface area contributed by atoms with E-state index in [1.54, 1.807) is 24.2 Å². The van der Waals surface area contributed by atoms with Gasteiger partial charge in [0, 0.05) is 26.1 Å². The van der Waals surface area contributed by atoms with Gasteiger partial charge in [-0.3, -0.25) is 4.79 Å². The summed E-state index contributed by atoms with van der Waals surface area (Å²) in [6.07, 6.45) is 5.93. The number of urea groups is 1. The maximum atomic E-state index is 12.2. The van der Waals surface area contributed by atoms with Crippen LogP contribution < -0.4 is 5.32 Å². The van der Waals surface area contributed by atoms with Crippen LogP contribution in [0.1, 0.15) is 19.3 Å². The molecule has 2 amide bonds. The number of rotatable bonds is 4. The minimum atomic E-state index is -0.837. The lowest BCUT2D eigenvalue weighted by molar-refractivity contribution is -0.140. The number of hydrogen-bond donors (Lipinski definition) is 2. The monoisotopic (exact) mass is 282 g/mol. The molecule has 0 saturated carbocycles. The molecule has 1 saturated heterocycles. The molecule has 0 aromatic carbocycles. The summed E-state index contributed by atoms with van der Waals surface area (Å²) in [7, 11) is 1.67. The molecule has 20 heavy (non-hydrogen) atoms. The normalized spacial score (nSPS) is 29.4. The van der Waals surface area contributed by atoms with Gasteiger partial charge >= 0.3 is 12.0 Å². The highest BCUT2D eigenvalue weighted by molar-refractivity contribution is 5.76. The number of aliphatic carboxylic acids is 1. The summed E-state index contributed by atoms with van der Waals surface area (Å²) in [6, 6.07) is -0.280. The number of likely N-dealkylation sites (tertiary alicyclic amines) is 1. The Morgan fingerprint density at radius 2 is 2.25 bits per heavy atom. The van der Waals surface area contributed by atoms with E-state index < -0.39 is 11.9 Å². The van der Waals surface area contributed by atoms with Gasteiger partial charge in [0.15, 0.2) is 0 Å². The number of amides is 2. The fourth-order valence-electron chi connectivity index (χ4n) is 2.86. The lowest BCUT2D eigenvalue weighted by Crippen LogP contribution is -2.48. The molecule has 0 aromatic heterocycles. The standard InChI is InChI=1S/C14H22N2O4/c1-20-9-10-3-2-6-16(8-10)14(19)15-12-5-4-11(7-12)13(17)18/h4-5,10-12H,2-3,6-9H2,1H3,(H,15,19)(H,17,18). The van der Waals surface area contributed by atoms with Crippen molar-refractivity contribution in [2.24, 2.45) is 11.8 Å². The highest BCUT2D eigenvalue weighted by atomic mass is 16.5. The molecule has 2 rings (SSSR count). The van der Waals surface area contributed by atoms with Gasteiger partial charge in [0.05, 0.1) is 18.6 Å². The second-order valence-corrected chi connectivity index (χ2v) is 5.53. The number of nitrogens with one attached hydrogen (secondary N) is 1. The first kappa shape index (κ1) is 14.8. The van der Waals surface area contributed by atoms with Crippen molar-refractivity contribution in [3.05, 3.63) is 12.2 Å². The van der Waals surface area contributed by atoms with Gasteiger partial charge in [-0.1, -0.05) is 12.2 Å². The van der Waals surface area contributed by atoms with Crippen LogP contribution in [-0.4, -0.2) is 54.9 Å². The zero-order chi connectivity index (χ0) is 14.5. The lowest BCUT2D eigenvalue weighted by atomic mass is 9.99. The largest absolute Gasteiger partial charge is 0.481 e. The molecule has 3 unspecified atom stereocenters. The van der Waals surface area contributed by atoms with Crippen LogP contribution in [0.5, 0.6) is 0 Å². The van der Waals surface area contributed by atoms with Crippen molar-refractivity contribution in [1.82, 2.24) is 10.2 Å². The number of hydrogen-bond acceptors (Lipinski definition) is 3. The van der Waals surface area contributed by atoms with Crippen LogP contribution in [0.2, 0.25) is 0 Å². The fraction of sp³-hybridized carbons (Fsp3) is 0.714. The van der Waals surface area contributed by atoms with Crippen LogP contribution in [0.15, 0.2) is 12.2 Å². The Morgan fingerprint density at radius 1 is 1.45 bits per heavy atom. The second kappa shape index (κ2) is 6.74. The van der Waals surface area contributed by atoms with Crippen molar-refractivity contribution < 1.29 is 19.4 Å². The lowest BCUT2D eigenvalue weighted by Gasteiger charge is -2.33. The van der Waals surface area contributed by atoms with Crippen molar-refractivity contribution in [1.29, 1.82) is 0 Å². The van der Waals surface area contributed by atoms with Crippen molar-refractivity contribution in [3.8, 4) is 0 Å². The van der Waals surface area contributed by atoms with Gasteiger partial charge in [0.25, 0.3) is 0 Å². The van der Waals surface area contributed by atoms with Gasteiger partial charge < -0.3 is 20.1 Å². The highest BCUT2D eigenvalue weighted by Crippen LogP contribution is 2.20. The number of nitrogens with zero attached hydrogens (tertiary/aromatic N) is 1. The Bertz CT molecular complexity index is 395. The molecule has 6 heteroatoms. The van der Waals surface area contributed by atoms with Gasteiger partial charge in [-0.2, -0.15) is 0 Å². The van der Waals surface area contributed by atoms with Crippen LogP contribution in [0.25, 0.3) is 0 Å². The summed E-state index contributed by atoms with van der Waals surface area (Å²) in [5, 5.41) is 11.8. The predicted octanol–water partition coefficient (Wildman–Crippen LogP) is 1.08. The molecule has 1 aliphatic carbocycles. The van der Waals surface area contributed by atoms with E-state index in [-0.39, 0.29) is 12.1 Å². The Morgan fingerprint density at radius 3 is 2.90 bits per heavy atom. The van der Waals surface area contributed by atoms with Crippen molar-refractivity contribution in [3.63, 3.8) is 0 Å². The number of carboxylic acids is 1. The van der Waals surface area contributed by atoms with Gasteiger partial charge in [0.2, 0.25) is 0 Å². The molecule has 6 nitrogen and oxygen atoms in total. The fourth-order valence-corrected chi connectivity index (χ4v) is 2.86. The molecule has 3 atom stereocenters. The van der Waals surface area contributed by atoms with E-state index in [4.69, 9.17) is 9.84 Å². The van der Waals surface area contributed by atoms with Crippen molar-refractivity contribution in [2.45, 2.75) is 25.3 Å². The van der Waals surface area contributed by atoms with E-state index >= 15 is 0 Å². The maximum Gasteiger partial charge on any atom is 0.317 e. The summed E-state index contributed by atoms with van der Waals surface area (Å²) in [6.45, 7) is 2.14. The molecular weight excluding hydrogens is 260 g/mol. The third-order valence-corrected chi connectivity index (χ3v) is 3.92. The summed E-state index contributed by atoms with van der Waals surface area (Å²) in [4.78, 5) is 24.8. The van der Waals surface area contributed by atoms with E-state index in [9.17, 15) is 9.59 Å². The number of ether oxygens (including phenoxy) is 1. The third-order valence-electron chi connectivity index (χ3n) is 3.92. The SMILES string of the molecule is COCC1CCCN(C(=O)NC2C=CC(C(=O)O)C2)C1. The maximum absolute atomic E-state index is 12.2. The van der Waals surface area contributed by atoms with E-state index in [2.05, 4.69) is 5.32 Å². The van der Waals surface area contributed by atoms with Gasteiger partial charge in [-0.05, 0) is 19.3 Å².